The molecule has 3 saturated heterocycles. The molecule has 3 aliphatic rings. The highest BCUT2D eigenvalue weighted by molar-refractivity contribution is 6.07. The molecule has 3 rings (SSSR count). The first-order chi connectivity index (χ1) is 7.09. The van der Waals surface area contributed by atoms with Crippen LogP contribution in [0.25, 0.3) is 0 Å². The molecule has 0 bridgehead atoms. The molecule has 4 atom stereocenters. The summed E-state index contributed by atoms with van der Waals surface area (Å²) in [5.41, 5.74) is 0. The Morgan fingerprint density at radius 3 is 1.47 bits per heavy atom. The molecule has 0 radical (unpaired) electrons. The minimum absolute atomic E-state index is 0.829. The molecule has 78 valence electrons. The molecule has 7 nitrogen and oxygen atoms in total. The standard InChI is InChI=1S/C8H4O7/c9-5-1-2-4(8(12)15-6(2)10)13-3(1)7(11)14-5/h1-4H. The van der Waals surface area contributed by atoms with Gasteiger partial charge in [0, 0.05) is 0 Å². The van der Waals surface area contributed by atoms with Crippen LogP contribution in [0.1, 0.15) is 0 Å². The van der Waals surface area contributed by atoms with Crippen molar-refractivity contribution in [3.8, 4) is 0 Å². The van der Waals surface area contributed by atoms with Crippen LogP contribution in [-0.2, 0) is 33.4 Å². The topological polar surface area (TPSA) is 96.0 Å². The Morgan fingerprint density at radius 2 is 1.07 bits per heavy atom. The molecule has 0 aliphatic carbocycles. The van der Waals surface area contributed by atoms with Crippen LogP contribution >= 0.6 is 0 Å². The highest BCUT2D eigenvalue weighted by atomic mass is 16.7. The van der Waals surface area contributed by atoms with Gasteiger partial charge in [0.25, 0.3) is 0 Å². The monoisotopic (exact) mass is 212 g/mol. The normalized spacial score (nSPS) is 42.7. The lowest BCUT2D eigenvalue weighted by molar-refractivity contribution is -0.160. The largest absolute Gasteiger partial charge is 0.391 e. The van der Waals surface area contributed by atoms with E-state index in [1.54, 1.807) is 0 Å². The molecule has 0 aromatic rings. The molecular formula is C8H4O7. The Kier molecular flexibility index (Phi) is 1.38. The van der Waals surface area contributed by atoms with Crippen molar-refractivity contribution in [2.75, 3.05) is 0 Å². The number of cyclic esters (lactones) is 4. The minimum Gasteiger partial charge on any atom is -0.391 e. The van der Waals surface area contributed by atoms with Crippen molar-refractivity contribution in [1.82, 2.24) is 0 Å². The first-order valence-electron chi connectivity index (χ1n) is 4.26. The van der Waals surface area contributed by atoms with Crippen molar-refractivity contribution in [2.24, 2.45) is 11.8 Å². The zero-order valence-corrected chi connectivity index (χ0v) is 7.17. The van der Waals surface area contributed by atoms with Crippen molar-refractivity contribution < 1.29 is 33.4 Å². The van der Waals surface area contributed by atoms with Gasteiger partial charge in [0.15, 0.2) is 12.2 Å². The predicted molar refractivity (Wildman–Crippen MR) is 37.8 cm³/mol. The van der Waals surface area contributed by atoms with Gasteiger partial charge in [-0.1, -0.05) is 0 Å². The first-order valence-corrected chi connectivity index (χ1v) is 4.26. The molecule has 15 heavy (non-hydrogen) atoms. The van der Waals surface area contributed by atoms with Gasteiger partial charge in [0.2, 0.25) is 0 Å². The summed E-state index contributed by atoms with van der Waals surface area (Å²) in [7, 11) is 0. The SMILES string of the molecule is O=C1OC(=O)C2C1OC1C(=O)OC(=O)C12. The number of carbonyl (C=O) groups is 4. The van der Waals surface area contributed by atoms with Crippen LogP contribution in [0.15, 0.2) is 0 Å². The minimum atomic E-state index is -1.13. The highest BCUT2D eigenvalue weighted by Gasteiger charge is 2.66. The molecule has 0 N–H and O–H groups in total. The summed E-state index contributed by atoms with van der Waals surface area (Å²) in [6.07, 6.45) is -2.27. The lowest BCUT2D eigenvalue weighted by Crippen LogP contribution is -2.27. The van der Waals surface area contributed by atoms with Gasteiger partial charge in [-0.3, -0.25) is 9.59 Å². The third-order valence-corrected chi connectivity index (χ3v) is 2.74. The second-order valence-electron chi connectivity index (χ2n) is 3.51. The molecule has 0 spiro atoms. The van der Waals surface area contributed by atoms with Crippen LogP contribution in [-0.4, -0.2) is 36.1 Å². The smallest absolute Gasteiger partial charge is 0.343 e. The predicted octanol–water partition coefficient (Wildman–Crippen LogP) is -1.85. The zero-order chi connectivity index (χ0) is 10.7. The molecule has 0 aromatic heterocycles. The number of fused-ring (bicyclic) bond motifs is 3. The van der Waals surface area contributed by atoms with Crippen molar-refractivity contribution in [2.45, 2.75) is 12.2 Å². The van der Waals surface area contributed by atoms with Crippen LogP contribution in [0.2, 0.25) is 0 Å². The summed E-state index contributed by atoms with van der Waals surface area (Å²) < 4.78 is 13.6. The fourth-order valence-corrected chi connectivity index (χ4v) is 2.10. The molecule has 3 aliphatic heterocycles. The average molecular weight is 212 g/mol. The Hall–Kier alpha value is -1.76. The Bertz CT molecular complexity index is 373. The second-order valence-corrected chi connectivity index (χ2v) is 3.51. The fourth-order valence-electron chi connectivity index (χ4n) is 2.10. The van der Waals surface area contributed by atoms with Gasteiger partial charge in [-0.05, 0) is 0 Å². The van der Waals surface area contributed by atoms with Gasteiger partial charge < -0.3 is 14.2 Å². The van der Waals surface area contributed by atoms with Crippen molar-refractivity contribution in [3.05, 3.63) is 0 Å². The summed E-state index contributed by atoms with van der Waals surface area (Å²) in [4.78, 5) is 44.6. The molecule has 3 fully saturated rings. The average Bonchev–Trinajstić information content (AvgIpc) is 2.72. The summed E-state index contributed by atoms with van der Waals surface area (Å²) >= 11 is 0. The lowest BCUT2D eigenvalue weighted by Gasteiger charge is -2.03. The summed E-state index contributed by atoms with van der Waals surface area (Å²) in [6.45, 7) is 0. The van der Waals surface area contributed by atoms with Crippen molar-refractivity contribution in [3.63, 3.8) is 0 Å². The zero-order valence-electron chi connectivity index (χ0n) is 7.17. The van der Waals surface area contributed by atoms with E-state index < -0.39 is 47.9 Å². The summed E-state index contributed by atoms with van der Waals surface area (Å²) in [5, 5.41) is 0. The van der Waals surface area contributed by atoms with E-state index in [1.165, 1.54) is 0 Å². The summed E-state index contributed by atoms with van der Waals surface area (Å²) in [6, 6.07) is 0. The van der Waals surface area contributed by atoms with Crippen LogP contribution in [0, 0.1) is 11.8 Å². The van der Waals surface area contributed by atoms with Crippen molar-refractivity contribution in [1.29, 1.82) is 0 Å². The molecule has 0 aromatic carbocycles. The number of rotatable bonds is 0. The maximum absolute atomic E-state index is 11.2. The van der Waals surface area contributed by atoms with E-state index in [0.29, 0.717) is 0 Å². The van der Waals surface area contributed by atoms with Crippen LogP contribution in [0.5, 0.6) is 0 Å². The van der Waals surface area contributed by atoms with Crippen LogP contribution in [0.4, 0.5) is 0 Å². The van der Waals surface area contributed by atoms with E-state index in [-0.39, 0.29) is 0 Å². The second kappa shape index (κ2) is 2.43. The van der Waals surface area contributed by atoms with Crippen LogP contribution in [0.3, 0.4) is 0 Å². The third kappa shape index (κ3) is 0.878. The number of ether oxygens (including phenoxy) is 3. The number of carbonyl (C=O) groups excluding carboxylic acids is 4. The van der Waals surface area contributed by atoms with Gasteiger partial charge in [0.05, 0.1) is 0 Å². The van der Waals surface area contributed by atoms with Gasteiger partial charge in [0.1, 0.15) is 11.8 Å². The van der Waals surface area contributed by atoms with E-state index in [1.807, 2.05) is 0 Å². The molecule has 4 unspecified atom stereocenters. The van der Waals surface area contributed by atoms with Gasteiger partial charge >= 0.3 is 23.9 Å². The van der Waals surface area contributed by atoms with Crippen molar-refractivity contribution >= 4 is 23.9 Å². The number of esters is 4. The number of hydrogen-bond acceptors (Lipinski definition) is 7. The lowest BCUT2D eigenvalue weighted by atomic mass is 9.90. The van der Waals surface area contributed by atoms with Gasteiger partial charge in [-0.2, -0.15) is 0 Å². The maximum atomic E-state index is 11.2. The Morgan fingerprint density at radius 1 is 0.667 bits per heavy atom. The fraction of sp³-hybridized carbons (Fsp3) is 0.500. The van der Waals surface area contributed by atoms with E-state index in [0.717, 1.165) is 0 Å². The molecule has 7 heteroatoms. The van der Waals surface area contributed by atoms with Crippen LogP contribution < -0.4 is 0 Å². The first kappa shape index (κ1) is 8.54. The Balaban J connectivity index is 2.03. The van der Waals surface area contributed by atoms with E-state index in [4.69, 9.17) is 4.74 Å². The Labute approximate surface area is 82.3 Å². The number of hydrogen-bond donors (Lipinski definition) is 0. The van der Waals surface area contributed by atoms with E-state index in [9.17, 15) is 19.2 Å². The molecule has 0 amide bonds. The maximum Gasteiger partial charge on any atom is 0.343 e. The van der Waals surface area contributed by atoms with Gasteiger partial charge in [-0.15, -0.1) is 0 Å². The molecule has 3 heterocycles. The quantitative estimate of drug-likeness (QED) is 0.343. The van der Waals surface area contributed by atoms with Gasteiger partial charge in [-0.25, -0.2) is 9.59 Å². The van der Waals surface area contributed by atoms with E-state index in [2.05, 4.69) is 9.47 Å². The highest BCUT2D eigenvalue weighted by Crippen LogP contribution is 2.42. The van der Waals surface area contributed by atoms with E-state index >= 15 is 0 Å². The third-order valence-electron chi connectivity index (χ3n) is 2.74. The molecular weight excluding hydrogens is 208 g/mol. The molecule has 0 saturated carbocycles. The summed E-state index contributed by atoms with van der Waals surface area (Å²) in [5.74, 6) is -5.41.